The number of ether oxygens (including phenoxy) is 1. The molecule has 4 amide bonds. The van der Waals surface area contributed by atoms with E-state index in [0.29, 0.717) is 18.0 Å². The second kappa shape index (κ2) is 7.11. The monoisotopic (exact) mass is 367 g/mol. The van der Waals surface area contributed by atoms with Crippen molar-refractivity contribution >= 4 is 29.6 Å². The van der Waals surface area contributed by atoms with Crippen molar-refractivity contribution in [3.8, 4) is 5.75 Å². The molecule has 1 fully saturated rings. The van der Waals surface area contributed by atoms with E-state index in [2.05, 4.69) is 5.32 Å². The second-order valence-electron chi connectivity index (χ2n) is 6.27. The number of barbiturate groups is 1. The number of aryl methyl sites for hydroxylation is 1. The fourth-order valence-corrected chi connectivity index (χ4v) is 2.96. The topological polar surface area (TPSA) is 80.6 Å². The van der Waals surface area contributed by atoms with Crippen LogP contribution in [0.15, 0.2) is 35.9 Å². The number of anilines is 1. The lowest BCUT2D eigenvalue weighted by Crippen LogP contribution is -2.54. The maximum Gasteiger partial charge on any atom is 0.335 e. The number of hydrogen-bond donors (Lipinski definition) is 1. The standard InChI is InChI=1S/C20H21N3O4/c1-5-27-16-8-6-7-15(11-16)23-19(25)17(18(24)21-20(23)26)10-14-9-12(2)22(4)13(14)3/h6-11H,5H2,1-4H3,(H,21,24,26)/b17-10+. The van der Waals surface area contributed by atoms with Crippen LogP contribution >= 0.6 is 0 Å². The van der Waals surface area contributed by atoms with Crippen molar-refractivity contribution in [3.63, 3.8) is 0 Å². The summed E-state index contributed by atoms with van der Waals surface area (Å²) < 4.78 is 7.39. The van der Waals surface area contributed by atoms with Gasteiger partial charge in [-0.25, -0.2) is 9.69 Å². The van der Waals surface area contributed by atoms with Crippen molar-refractivity contribution in [3.05, 3.63) is 52.9 Å². The molecule has 0 saturated carbocycles. The zero-order chi connectivity index (χ0) is 19.7. The molecule has 0 atom stereocenters. The number of nitrogens with one attached hydrogen (secondary N) is 1. The number of benzene rings is 1. The zero-order valence-corrected chi connectivity index (χ0v) is 15.7. The lowest BCUT2D eigenvalue weighted by Gasteiger charge is -2.26. The number of amides is 4. The summed E-state index contributed by atoms with van der Waals surface area (Å²) in [5, 5.41) is 2.23. The molecule has 1 N–H and O–H groups in total. The van der Waals surface area contributed by atoms with Gasteiger partial charge in [-0.15, -0.1) is 0 Å². The summed E-state index contributed by atoms with van der Waals surface area (Å²) in [6.07, 6.45) is 1.52. The van der Waals surface area contributed by atoms with Gasteiger partial charge in [0.25, 0.3) is 11.8 Å². The minimum absolute atomic E-state index is 0.0925. The van der Waals surface area contributed by atoms with E-state index in [4.69, 9.17) is 4.74 Å². The number of nitrogens with zero attached hydrogens (tertiary/aromatic N) is 2. The van der Waals surface area contributed by atoms with Gasteiger partial charge in [-0.3, -0.25) is 14.9 Å². The number of hydrogen-bond acceptors (Lipinski definition) is 4. The van der Waals surface area contributed by atoms with Crippen molar-refractivity contribution in [1.82, 2.24) is 9.88 Å². The van der Waals surface area contributed by atoms with Gasteiger partial charge in [0.1, 0.15) is 11.3 Å². The Kier molecular flexibility index (Phi) is 4.85. The van der Waals surface area contributed by atoms with Gasteiger partial charge in [-0.1, -0.05) is 6.07 Å². The largest absolute Gasteiger partial charge is 0.494 e. The predicted octanol–water partition coefficient (Wildman–Crippen LogP) is 2.71. The minimum Gasteiger partial charge on any atom is -0.494 e. The van der Waals surface area contributed by atoms with Crippen LogP contribution in [0.25, 0.3) is 6.08 Å². The van der Waals surface area contributed by atoms with Crippen LogP contribution in [-0.4, -0.2) is 29.0 Å². The van der Waals surface area contributed by atoms with Crippen molar-refractivity contribution in [2.75, 3.05) is 11.5 Å². The molecule has 27 heavy (non-hydrogen) atoms. The molecule has 0 unspecified atom stereocenters. The Morgan fingerprint density at radius 2 is 1.89 bits per heavy atom. The normalized spacial score (nSPS) is 16.1. The Morgan fingerprint density at radius 3 is 2.52 bits per heavy atom. The molecule has 140 valence electrons. The van der Waals surface area contributed by atoms with E-state index in [1.54, 1.807) is 24.3 Å². The van der Waals surface area contributed by atoms with E-state index in [0.717, 1.165) is 21.9 Å². The lowest BCUT2D eigenvalue weighted by atomic mass is 10.1. The highest BCUT2D eigenvalue weighted by molar-refractivity contribution is 6.39. The van der Waals surface area contributed by atoms with Gasteiger partial charge in [0.2, 0.25) is 0 Å². The number of carbonyl (C=O) groups is 3. The number of imide groups is 2. The second-order valence-corrected chi connectivity index (χ2v) is 6.27. The smallest absolute Gasteiger partial charge is 0.335 e. The molecule has 7 heteroatoms. The van der Waals surface area contributed by atoms with Gasteiger partial charge in [-0.2, -0.15) is 0 Å². The first-order chi connectivity index (χ1) is 12.8. The first-order valence-electron chi connectivity index (χ1n) is 8.60. The van der Waals surface area contributed by atoms with E-state index in [9.17, 15) is 14.4 Å². The van der Waals surface area contributed by atoms with E-state index >= 15 is 0 Å². The van der Waals surface area contributed by atoms with Crippen molar-refractivity contribution in [2.45, 2.75) is 20.8 Å². The van der Waals surface area contributed by atoms with E-state index in [-0.39, 0.29) is 5.57 Å². The van der Waals surface area contributed by atoms with E-state index < -0.39 is 17.8 Å². The van der Waals surface area contributed by atoms with Crippen LogP contribution in [0, 0.1) is 13.8 Å². The van der Waals surface area contributed by atoms with Gasteiger partial charge in [0.05, 0.1) is 12.3 Å². The molecule has 1 aromatic heterocycles. The summed E-state index contributed by atoms with van der Waals surface area (Å²) in [7, 11) is 1.91. The van der Waals surface area contributed by atoms with Crippen LogP contribution in [0.5, 0.6) is 5.75 Å². The van der Waals surface area contributed by atoms with Gasteiger partial charge in [0, 0.05) is 24.5 Å². The average Bonchev–Trinajstić information content (AvgIpc) is 2.86. The third kappa shape index (κ3) is 3.36. The Hall–Kier alpha value is -3.35. The third-order valence-electron chi connectivity index (χ3n) is 4.60. The third-order valence-corrected chi connectivity index (χ3v) is 4.60. The molecule has 0 aliphatic carbocycles. The molecule has 2 heterocycles. The van der Waals surface area contributed by atoms with Gasteiger partial charge in [-0.05, 0) is 50.6 Å². The molecule has 1 aromatic carbocycles. The van der Waals surface area contributed by atoms with Crippen LogP contribution in [0.3, 0.4) is 0 Å². The molecule has 2 aromatic rings. The summed E-state index contributed by atoms with van der Waals surface area (Å²) in [5.41, 5.74) is 2.92. The highest BCUT2D eigenvalue weighted by Crippen LogP contribution is 2.26. The molecule has 0 spiro atoms. The highest BCUT2D eigenvalue weighted by Gasteiger charge is 2.37. The average molecular weight is 367 g/mol. The molecule has 0 bridgehead atoms. The van der Waals surface area contributed by atoms with Gasteiger partial charge < -0.3 is 9.30 Å². The lowest BCUT2D eigenvalue weighted by molar-refractivity contribution is -0.122. The molecule has 0 radical (unpaired) electrons. The maximum atomic E-state index is 13.0. The molecule has 1 aliphatic rings. The van der Waals surface area contributed by atoms with Gasteiger partial charge in [0.15, 0.2) is 0 Å². The molecule has 1 aliphatic heterocycles. The minimum atomic E-state index is -0.781. The first-order valence-corrected chi connectivity index (χ1v) is 8.60. The fraction of sp³-hybridized carbons (Fsp3) is 0.250. The number of carbonyl (C=O) groups excluding carboxylic acids is 3. The molecule has 3 rings (SSSR count). The van der Waals surface area contributed by atoms with Crippen LogP contribution in [0.4, 0.5) is 10.5 Å². The number of rotatable bonds is 4. The van der Waals surface area contributed by atoms with Crippen molar-refractivity contribution in [2.24, 2.45) is 7.05 Å². The van der Waals surface area contributed by atoms with Crippen LogP contribution in [-0.2, 0) is 16.6 Å². The quantitative estimate of drug-likeness (QED) is 0.665. The zero-order valence-electron chi connectivity index (χ0n) is 15.7. The number of aromatic nitrogens is 1. The molecule has 7 nitrogen and oxygen atoms in total. The molecule has 1 saturated heterocycles. The van der Waals surface area contributed by atoms with Crippen LogP contribution in [0.1, 0.15) is 23.9 Å². The first kappa shape index (κ1) is 18.4. The molecular formula is C20H21N3O4. The van der Waals surface area contributed by atoms with E-state index in [1.165, 1.54) is 6.08 Å². The van der Waals surface area contributed by atoms with Gasteiger partial charge >= 0.3 is 6.03 Å². The van der Waals surface area contributed by atoms with Crippen molar-refractivity contribution in [1.29, 1.82) is 0 Å². The van der Waals surface area contributed by atoms with Crippen molar-refractivity contribution < 1.29 is 19.1 Å². The highest BCUT2D eigenvalue weighted by atomic mass is 16.5. The SMILES string of the molecule is CCOc1cccc(N2C(=O)NC(=O)/C(=C\c3cc(C)n(C)c3C)C2=O)c1. The Labute approximate surface area is 157 Å². The number of urea groups is 1. The Morgan fingerprint density at radius 1 is 1.15 bits per heavy atom. The summed E-state index contributed by atoms with van der Waals surface area (Å²) >= 11 is 0. The van der Waals surface area contributed by atoms with E-state index in [1.807, 2.05) is 38.5 Å². The maximum absolute atomic E-state index is 13.0. The fourth-order valence-electron chi connectivity index (χ4n) is 2.96. The van der Waals surface area contributed by atoms with Crippen LogP contribution in [0.2, 0.25) is 0 Å². The summed E-state index contributed by atoms with van der Waals surface area (Å²) in [6, 6.07) is 7.73. The Balaban J connectivity index is 2.02. The Bertz CT molecular complexity index is 972. The summed E-state index contributed by atoms with van der Waals surface area (Å²) in [4.78, 5) is 38.5. The molecular weight excluding hydrogens is 346 g/mol. The predicted molar refractivity (Wildman–Crippen MR) is 101 cm³/mol. The summed E-state index contributed by atoms with van der Waals surface area (Å²) in [6.45, 7) is 6.14. The summed E-state index contributed by atoms with van der Waals surface area (Å²) in [5.74, 6) is -0.839. The van der Waals surface area contributed by atoms with Crippen LogP contribution < -0.4 is 15.0 Å².